The summed E-state index contributed by atoms with van der Waals surface area (Å²) in [4.78, 5) is 7.90. The summed E-state index contributed by atoms with van der Waals surface area (Å²) < 4.78 is 0. The minimum absolute atomic E-state index is 0. The summed E-state index contributed by atoms with van der Waals surface area (Å²) in [5, 5.41) is 0. The Bertz CT molecular complexity index is 144. The third-order valence-corrected chi connectivity index (χ3v) is 1.92. The summed E-state index contributed by atoms with van der Waals surface area (Å²) in [6.45, 7) is 0. The van der Waals surface area contributed by atoms with Gasteiger partial charge in [0.05, 0.1) is 12.1 Å². The molecule has 1 aliphatic carbocycles. The lowest BCUT2D eigenvalue weighted by Gasteiger charge is -2.15. The maximum Gasteiger partial charge on any atom is 0.0892 e. The molecule has 64 valence electrons. The summed E-state index contributed by atoms with van der Waals surface area (Å²) in [6.07, 6.45) is 6.53. The predicted molar refractivity (Wildman–Crippen MR) is 53.0 cm³/mol. The topological polar surface area (TPSA) is 24.7 Å². The van der Waals surface area contributed by atoms with Crippen molar-refractivity contribution >= 4 is 23.0 Å². The second kappa shape index (κ2) is 6.56. The van der Waals surface area contributed by atoms with Crippen LogP contribution in [0.5, 0.6) is 0 Å². The Morgan fingerprint density at radius 3 is 2.36 bits per heavy atom. The highest BCUT2D eigenvalue weighted by Crippen LogP contribution is 2.19. The van der Waals surface area contributed by atoms with Gasteiger partial charge in [0.2, 0.25) is 0 Å². The van der Waals surface area contributed by atoms with Gasteiger partial charge in [0.15, 0.2) is 0 Å². The van der Waals surface area contributed by atoms with E-state index in [1.54, 1.807) is 7.05 Å². The quantitative estimate of drug-likeness (QED) is 0.606. The van der Waals surface area contributed by atoms with Crippen molar-refractivity contribution in [1.82, 2.24) is 0 Å². The van der Waals surface area contributed by atoms with Gasteiger partial charge in [-0.15, -0.1) is 17.0 Å². The molecule has 0 aliphatic heterocycles. The molecule has 1 rings (SSSR count). The van der Waals surface area contributed by atoms with Crippen LogP contribution < -0.4 is 0 Å². The zero-order valence-corrected chi connectivity index (χ0v) is 8.63. The van der Waals surface area contributed by atoms with E-state index < -0.39 is 0 Å². The molecule has 1 saturated carbocycles. The third-order valence-electron chi connectivity index (χ3n) is 1.92. The zero-order valence-electron chi connectivity index (χ0n) is 6.92. The van der Waals surface area contributed by atoms with Crippen LogP contribution in [-0.2, 0) is 0 Å². The summed E-state index contributed by atoms with van der Waals surface area (Å²) in [5.41, 5.74) is 0. The molecule has 1 fully saturated rings. The van der Waals surface area contributed by atoms with E-state index in [9.17, 15) is 0 Å². The van der Waals surface area contributed by atoms with E-state index in [4.69, 9.17) is 0 Å². The monoisotopic (exact) mass is 218 g/mol. The summed E-state index contributed by atoms with van der Waals surface area (Å²) in [6, 6.07) is 3.19. The van der Waals surface area contributed by atoms with Gasteiger partial charge >= 0.3 is 0 Å². The van der Waals surface area contributed by atoms with Crippen LogP contribution in [0.4, 0.5) is 0 Å². The first kappa shape index (κ1) is 10.9. The number of hydrogen-bond acceptors (Lipinski definition) is 2. The van der Waals surface area contributed by atoms with Crippen LogP contribution in [0, 0.1) is 0 Å². The van der Waals surface area contributed by atoms with E-state index in [-0.39, 0.29) is 17.0 Å². The molecule has 0 heterocycles. The van der Waals surface area contributed by atoms with Gasteiger partial charge in [0.1, 0.15) is 0 Å². The van der Waals surface area contributed by atoms with Gasteiger partial charge in [0, 0.05) is 7.05 Å². The first-order chi connectivity index (χ1) is 4.93. The number of hydrogen-bond donors (Lipinski definition) is 0. The van der Waals surface area contributed by atoms with Gasteiger partial charge in [-0.1, -0.05) is 19.3 Å². The standard InChI is InChI=1S/C8H14N2.BrH/c1-9-7-10-8-5-3-2-4-6-8;/h8H,2-6H2,1H3;1H. The summed E-state index contributed by atoms with van der Waals surface area (Å²) >= 11 is 0. The molecule has 11 heavy (non-hydrogen) atoms. The highest BCUT2D eigenvalue weighted by molar-refractivity contribution is 8.93. The van der Waals surface area contributed by atoms with Crippen molar-refractivity contribution in [3.63, 3.8) is 0 Å². The van der Waals surface area contributed by atoms with Crippen LogP contribution in [0.15, 0.2) is 9.98 Å². The number of aliphatic imine (C=N–C) groups is 2. The molecule has 0 atom stereocenters. The Labute approximate surface area is 78.6 Å². The molecule has 0 aromatic carbocycles. The second-order valence-corrected chi connectivity index (χ2v) is 2.74. The fourth-order valence-corrected chi connectivity index (χ4v) is 1.35. The molecule has 0 N–H and O–H groups in total. The Morgan fingerprint density at radius 2 is 1.82 bits per heavy atom. The van der Waals surface area contributed by atoms with Crippen LogP contribution in [0.2, 0.25) is 0 Å². The minimum Gasteiger partial charge on any atom is -0.229 e. The van der Waals surface area contributed by atoms with Gasteiger partial charge in [-0.3, -0.25) is 0 Å². The Hall–Kier alpha value is -0.140. The molecule has 3 heteroatoms. The van der Waals surface area contributed by atoms with E-state index in [1.165, 1.54) is 32.1 Å². The Morgan fingerprint density at radius 1 is 1.18 bits per heavy atom. The highest BCUT2D eigenvalue weighted by Gasteiger charge is 2.10. The first-order valence-corrected chi connectivity index (χ1v) is 3.97. The highest BCUT2D eigenvalue weighted by atomic mass is 79.9. The number of nitrogens with zero attached hydrogens (tertiary/aromatic N) is 2. The third kappa shape index (κ3) is 4.33. The maximum atomic E-state index is 4.19. The van der Waals surface area contributed by atoms with E-state index in [1.807, 2.05) is 0 Å². The molecule has 0 unspecified atom stereocenters. The van der Waals surface area contributed by atoms with Crippen LogP contribution >= 0.6 is 17.0 Å². The van der Waals surface area contributed by atoms with E-state index in [0.717, 1.165) is 0 Å². The van der Waals surface area contributed by atoms with Gasteiger partial charge in [-0.05, 0) is 12.8 Å². The maximum absolute atomic E-state index is 4.19. The Balaban J connectivity index is 0.000001000. The van der Waals surface area contributed by atoms with E-state index in [0.29, 0.717) is 6.04 Å². The molecule has 0 spiro atoms. The van der Waals surface area contributed by atoms with Crippen molar-refractivity contribution in [3.05, 3.63) is 0 Å². The van der Waals surface area contributed by atoms with Gasteiger partial charge in [0.25, 0.3) is 0 Å². The van der Waals surface area contributed by atoms with Gasteiger partial charge in [-0.25, -0.2) is 9.98 Å². The zero-order chi connectivity index (χ0) is 7.23. The van der Waals surface area contributed by atoms with Crippen molar-refractivity contribution in [2.45, 2.75) is 38.1 Å². The molecule has 0 amide bonds. The lowest BCUT2D eigenvalue weighted by Crippen LogP contribution is -2.08. The molecule has 0 aromatic rings. The SMILES string of the molecule is Br.CN=C=NC1CCCCC1. The normalized spacial score (nSPS) is 17.9. The lowest BCUT2D eigenvalue weighted by atomic mass is 9.96. The molecule has 0 saturated heterocycles. The van der Waals surface area contributed by atoms with E-state index >= 15 is 0 Å². The second-order valence-electron chi connectivity index (χ2n) is 2.74. The summed E-state index contributed by atoms with van der Waals surface area (Å²) in [7, 11) is 1.71. The van der Waals surface area contributed by atoms with Crippen molar-refractivity contribution in [2.24, 2.45) is 9.98 Å². The van der Waals surface area contributed by atoms with Crippen LogP contribution in [0.3, 0.4) is 0 Å². The van der Waals surface area contributed by atoms with Gasteiger partial charge in [-0.2, -0.15) is 0 Å². The Kier molecular flexibility index (Phi) is 6.48. The molecule has 1 aliphatic rings. The molecule has 0 bridgehead atoms. The smallest absolute Gasteiger partial charge is 0.0892 e. The lowest BCUT2D eigenvalue weighted by molar-refractivity contribution is 0.444. The van der Waals surface area contributed by atoms with Crippen LogP contribution in [0.1, 0.15) is 32.1 Å². The molecule has 0 radical (unpaired) electrons. The van der Waals surface area contributed by atoms with Crippen molar-refractivity contribution < 1.29 is 0 Å². The number of rotatable bonds is 1. The number of halogens is 1. The van der Waals surface area contributed by atoms with E-state index in [2.05, 4.69) is 16.0 Å². The largest absolute Gasteiger partial charge is 0.229 e. The molecule has 2 nitrogen and oxygen atoms in total. The van der Waals surface area contributed by atoms with Gasteiger partial charge < -0.3 is 0 Å². The minimum atomic E-state index is 0. The summed E-state index contributed by atoms with van der Waals surface area (Å²) in [5.74, 6) is 0. The fraction of sp³-hybridized carbons (Fsp3) is 0.875. The predicted octanol–water partition coefficient (Wildman–Crippen LogP) is 2.70. The van der Waals surface area contributed by atoms with Crippen molar-refractivity contribution in [3.8, 4) is 0 Å². The molecular formula is C8H15BrN2. The fourth-order valence-electron chi connectivity index (χ4n) is 1.35. The molecular weight excluding hydrogens is 204 g/mol. The van der Waals surface area contributed by atoms with Crippen LogP contribution in [0.25, 0.3) is 0 Å². The molecule has 0 aromatic heterocycles. The van der Waals surface area contributed by atoms with Crippen LogP contribution in [-0.4, -0.2) is 19.1 Å². The average Bonchev–Trinajstić information content (AvgIpc) is 2.03. The van der Waals surface area contributed by atoms with Crippen molar-refractivity contribution in [1.29, 1.82) is 0 Å². The average molecular weight is 219 g/mol. The van der Waals surface area contributed by atoms with Crippen molar-refractivity contribution in [2.75, 3.05) is 7.05 Å². The first-order valence-electron chi connectivity index (χ1n) is 3.97.